The Hall–Kier alpha value is -0.930. The highest BCUT2D eigenvalue weighted by atomic mass is 16.3. The molecule has 0 aromatic carbocycles. The molecule has 1 aromatic heterocycles. The van der Waals surface area contributed by atoms with Crippen molar-refractivity contribution in [3.05, 3.63) is 29.6 Å². The van der Waals surface area contributed by atoms with Crippen LogP contribution in [0.15, 0.2) is 18.3 Å². The lowest BCUT2D eigenvalue weighted by Gasteiger charge is -2.11. The molecule has 0 aliphatic carbocycles. The Morgan fingerprint density at radius 2 is 2.42 bits per heavy atom. The molecule has 0 amide bonds. The van der Waals surface area contributed by atoms with Gasteiger partial charge in [0.25, 0.3) is 0 Å². The van der Waals surface area contributed by atoms with E-state index in [-0.39, 0.29) is 12.6 Å². The Bertz CT molecular complexity index is 250. The topological polar surface area (TPSA) is 59.1 Å². The summed E-state index contributed by atoms with van der Waals surface area (Å²) in [5.74, 6) is 0. The Balaban J connectivity index is 2.79. The summed E-state index contributed by atoms with van der Waals surface area (Å²) in [7, 11) is 0. The maximum atomic E-state index is 8.69. The maximum Gasteiger partial charge on any atom is 0.0449 e. The highest BCUT2D eigenvalue weighted by Crippen LogP contribution is 2.15. The Kier molecular flexibility index (Phi) is 3.19. The van der Waals surface area contributed by atoms with Crippen LogP contribution in [0.4, 0.5) is 0 Å². The zero-order chi connectivity index (χ0) is 8.97. The smallest absolute Gasteiger partial charge is 0.0449 e. The van der Waals surface area contributed by atoms with Crippen LogP contribution < -0.4 is 5.73 Å². The van der Waals surface area contributed by atoms with Crippen LogP contribution in [0.2, 0.25) is 0 Å². The van der Waals surface area contributed by atoms with Crippen LogP contribution in [0.3, 0.4) is 0 Å². The van der Waals surface area contributed by atoms with Gasteiger partial charge in [0.2, 0.25) is 0 Å². The maximum absolute atomic E-state index is 8.69. The molecule has 0 aliphatic heterocycles. The van der Waals surface area contributed by atoms with Crippen molar-refractivity contribution in [2.45, 2.75) is 19.4 Å². The summed E-state index contributed by atoms with van der Waals surface area (Å²) in [6, 6.07) is 3.71. The zero-order valence-electron chi connectivity index (χ0n) is 7.20. The first-order valence-electron chi connectivity index (χ1n) is 4.03. The summed E-state index contributed by atoms with van der Waals surface area (Å²) in [6.07, 6.45) is 2.33. The number of nitrogens with two attached hydrogens (primary N) is 1. The largest absolute Gasteiger partial charge is 0.396 e. The number of aryl methyl sites for hydroxylation is 1. The molecule has 0 saturated heterocycles. The fourth-order valence-corrected chi connectivity index (χ4v) is 1.18. The average molecular weight is 166 g/mol. The average Bonchev–Trinajstić information content (AvgIpc) is 2.05. The van der Waals surface area contributed by atoms with Crippen LogP contribution in [0.1, 0.15) is 23.7 Å². The van der Waals surface area contributed by atoms with Crippen LogP contribution >= 0.6 is 0 Å². The lowest BCUT2D eigenvalue weighted by atomic mass is 10.0. The van der Waals surface area contributed by atoms with Gasteiger partial charge in [0.05, 0.1) is 0 Å². The molecule has 1 heterocycles. The Morgan fingerprint density at radius 1 is 1.67 bits per heavy atom. The number of hydrogen-bond donors (Lipinski definition) is 2. The minimum absolute atomic E-state index is 0.0938. The van der Waals surface area contributed by atoms with Crippen molar-refractivity contribution in [1.82, 2.24) is 4.98 Å². The standard InChI is InChI=1S/C9H14N2O/c1-7-8(3-2-5-11-7)9(10)4-6-12/h2-3,5,9,12H,4,6,10H2,1H3/t9-/m1/s1. The molecule has 3 heteroatoms. The van der Waals surface area contributed by atoms with E-state index in [0.717, 1.165) is 11.3 Å². The fourth-order valence-electron chi connectivity index (χ4n) is 1.18. The first kappa shape index (κ1) is 9.16. The fraction of sp³-hybridized carbons (Fsp3) is 0.444. The van der Waals surface area contributed by atoms with Crippen LogP contribution in [0.5, 0.6) is 0 Å². The van der Waals surface area contributed by atoms with E-state index in [1.165, 1.54) is 0 Å². The molecule has 0 bridgehead atoms. The lowest BCUT2D eigenvalue weighted by Crippen LogP contribution is -2.13. The number of nitrogens with zero attached hydrogens (tertiary/aromatic N) is 1. The van der Waals surface area contributed by atoms with Crippen molar-refractivity contribution in [2.24, 2.45) is 5.73 Å². The molecule has 0 saturated carbocycles. The molecule has 0 fully saturated rings. The molecule has 3 nitrogen and oxygen atoms in total. The van der Waals surface area contributed by atoms with E-state index in [4.69, 9.17) is 10.8 Å². The van der Waals surface area contributed by atoms with Gasteiger partial charge in [-0.2, -0.15) is 0 Å². The third kappa shape index (κ3) is 2.03. The normalized spacial score (nSPS) is 12.9. The summed E-state index contributed by atoms with van der Waals surface area (Å²) in [5.41, 5.74) is 7.77. The number of pyridine rings is 1. The summed E-state index contributed by atoms with van der Waals surface area (Å²) in [6.45, 7) is 2.04. The second-order valence-corrected chi connectivity index (χ2v) is 2.80. The number of hydrogen-bond acceptors (Lipinski definition) is 3. The van der Waals surface area contributed by atoms with Crippen LogP contribution in [0, 0.1) is 6.92 Å². The quantitative estimate of drug-likeness (QED) is 0.697. The van der Waals surface area contributed by atoms with Gasteiger partial charge in [-0.25, -0.2) is 0 Å². The van der Waals surface area contributed by atoms with Crippen molar-refractivity contribution in [3.8, 4) is 0 Å². The number of aliphatic hydroxyl groups is 1. The van der Waals surface area contributed by atoms with Crippen LogP contribution in [0.25, 0.3) is 0 Å². The second kappa shape index (κ2) is 4.18. The second-order valence-electron chi connectivity index (χ2n) is 2.80. The highest BCUT2D eigenvalue weighted by Gasteiger charge is 2.07. The van der Waals surface area contributed by atoms with Gasteiger partial charge >= 0.3 is 0 Å². The van der Waals surface area contributed by atoms with Gasteiger partial charge in [-0.3, -0.25) is 4.98 Å². The number of aliphatic hydroxyl groups excluding tert-OH is 1. The molecule has 0 radical (unpaired) electrons. The van der Waals surface area contributed by atoms with Crippen LogP contribution in [-0.2, 0) is 0 Å². The SMILES string of the molecule is Cc1ncccc1[C@H](N)CCO. The number of aromatic nitrogens is 1. The van der Waals surface area contributed by atoms with E-state index in [2.05, 4.69) is 4.98 Å². The highest BCUT2D eigenvalue weighted by molar-refractivity contribution is 5.21. The lowest BCUT2D eigenvalue weighted by molar-refractivity contribution is 0.276. The molecule has 1 atom stereocenters. The van der Waals surface area contributed by atoms with Crippen LogP contribution in [-0.4, -0.2) is 16.7 Å². The number of rotatable bonds is 3. The molecule has 1 rings (SSSR count). The molecular formula is C9H14N2O. The molecular weight excluding hydrogens is 152 g/mol. The summed E-state index contributed by atoms with van der Waals surface area (Å²) >= 11 is 0. The third-order valence-electron chi connectivity index (χ3n) is 1.89. The summed E-state index contributed by atoms with van der Waals surface area (Å²) < 4.78 is 0. The van der Waals surface area contributed by atoms with Gasteiger partial charge in [-0.1, -0.05) is 6.07 Å². The monoisotopic (exact) mass is 166 g/mol. The van der Waals surface area contributed by atoms with E-state index >= 15 is 0 Å². The predicted molar refractivity (Wildman–Crippen MR) is 47.6 cm³/mol. The molecule has 3 N–H and O–H groups in total. The predicted octanol–water partition coefficient (Wildman–Crippen LogP) is 0.772. The Labute approximate surface area is 72.2 Å². The summed E-state index contributed by atoms with van der Waals surface area (Å²) in [5, 5.41) is 8.69. The zero-order valence-corrected chi connectivity index (χ0v) is 7.20. The van der Waals surface area contributed by atoms with Crippen molar-refractivity contribution in [2.75, 3.05) is 6.61 Å². The van der Waals surface area contributed by atoms with Gasteiger partial charge in [0.15, 0.2) is 0 Å². The molecule has 12 heavy (non-hydrogen) atoms. The van der Waals surface area contributed by atoms with E-state index in [1.807, 2.05) is 19.1 Å². The molecule has 1 aromatic rings. The summed E-state index contributed by atoms with van der Waals surface area (Å²) in [4.78, 5) is 4.12. The van der Waals surface area contributed by atoms with E-state index in [9.17, 15) is 0 Å². The molecule has 66 valence electrons. The van der Waals surface area contributed by atoms with Gasteiger partial charge in [0.1, 0.15) is 0 Å². The van der Waals surface area contributed by atoms with Gasteiger partial charge in [-0.15, -0.1) is 0 Å². The Morgan fingerprint density at radius 3 is 3.00 bits per heavy atom. The van der Waals surface area contributed by atoms with E-state index in [0.29, 0.717) is 6.42 Å². The van der Waals surface area contributed by atoms with E-state index in [1.54, 1.807) is 6.20 Å². The third-order valence-corrected chi connectivity index (χ3v) is 1.89. The first-order valence-corrected chi connectivity index (χ1v) is 4.03. The van der Waals surface area contributed by atoms with Gasteiger partial charge < -0.3 is 10.8 Å². The van der Waals surface area contributed by atoms with Crippen molar-refractivity contribution in [1.29, 1.82) is 0 Å². The molecule has 0 spiro atoms. The van der Waals surface area contributed by atoms with Crippen molar-refractivity contribution in [3.63, 3.8) is 0 Å². The minimum atomic E-state index is -0.0938. The van der Waals surface area contributed by atoms with Crippen molar-refractivity contribution >= 4 is 0 Å². The molecule has 0 unspecified atom stereocenters. The molecule has 0 aliphatic rings. The van der Waals surface area contributed by atoms with Gasteiger partial charge in [-0.05, 0) is 25.0 Å². The van der Waals surface area contributed by atoms with Gasteiger partial charge in [0, 0.05) is 24.5 Å². The first-order chi connectivity index (χ1) is 5.75. The van der Waals surface area contributed by atoms with Crippen molar-refractivity contribution < 1.29 is 5.11 Å². The van der Waals surface area contributed by atoms with E-state index < -0.39 is 0 Å². The minimum Gasteiger partial charge on any atom is -0.396 e.